The first-order valence-corrected chi connectivity index (χ1v) is 9.82. The first-order chi connectivity index (χ1) is 10.8. The fourth-order valence-corrected chi connectivity index (χ4v) is 3.62. The van der Waals surface area contributed by atoms with Crippen molar-refractivity contribution in [3.8, 4) is 0 Å². The molecule has 0 radical (unpaired) electrons. The van der Waals surface area contributed by atoms with E-state index in [0.29, 0.717) is 16.5 Å². The molecule has 1 aliphatic rings. The third kappa shape index (κ3) is 4.83. The quantitative estimate of drug-likeness (QED) is 0.717. The van der Waals surface area contributed by atoms with E-state index in [4.69, 9.17) is 5.11 Å². The molecule has 1 aromatic rings. The minimum atomic E-state index is -3.31. The van der Waals surface area contributed by atoms with Gasteiger partial charge in [0.15, 0.2) is 9.84 Å². The van der Waals surface area contributed by atoms with Gasteiger partial charge in [0.2, 0.25) is 0 Å². The Morgan fingerprint density at radius 3 is 2.57 bits per heavy atom. The standard InChI is InChI=1S/C16H26N2O4S/c1-12-5-7-18(8-6-12)15-9-13(17-10-14(20)11-19)3-4-16(15)23(2,21)22/h3-4,9,12,14,17,19-20H,5-8,10-11H2,1-2H3. The molecule has 0 aliphatic carbocycles. The molecule has 1 aromatic carbocycles. The summed E-state index contributed by atoms with van der Waals surface area (Å²) >= 11 is 0. The van der Waals surface area contributed by atoms with Crippen molar-refractivity contribution in [3.05, 3.63) is 18.2 Å². The molecule has 2 rings (SSSR count). The van der Waals surface area contributed by atoms with Crippen molar-refractivity contribution < 1.29 is 18.6 Å². The number of nitrogens with one attached hydrogen (secondary N) is 1. The van der Waals surface area contributed by atoms with Crippen LogP contribution in [-0.4, -0.2) is 57.2 Å². The highest BCUT2D eigenvalue weighted by molar-refractivity contribution is 7.90. The number of hydrogen-bond donors (Lipinski definition) is 3. The number of benzene rings is 1. The Kier molecular flexibility index (Phi) is 5.89. The maximum atomic E-state index is 12.1. The van der Waals surface area contributed by atoms with Gasteiger partial charge in [0.1, 0.15) is 0 Å². The number of anilines is 2. The summed E-state index contributed by atoms with van der Waals surface area (Å²) in [5.74, 6) is 0.661. The molecular formula is C16H26N2O4S. The van der Waals surface area contributed by atoms with Crippen molar-refractivity contribution in [1.29, 1.82) is 0 Å². The normalized spacial score (nSPS) is 18.0. The van der Waals surface area contributed by atoms with E-state index in [-0.39, 0.29) is 13.2 Å². The summed E-state index contributed by atoms with van der Waals surface area (Å²) in [6.45, 7) is 3.79. The number of aliphatic hydroxyl groups excluding tert-OH is 2. The van der Waals surface area contributed by atoms with Crippen molar-refractivity contribution in [2.75, 3.05) is 42.7 Å². The molecule has 1 fully saturated rings. The van der Waals surface area contributed by atoms with E-state index >= 15 is 0 Å². The predicted octanol–water partition coefficient (Wildman–Crippen LogP) is 1.09. The van der Waals surface area contributed by atoms with Gasteiger partial charge in [-0.05, 0) is 37.0 Å². The minimum Gasteiger partial charge on any atom is -0.394 e. The van der Waals surface area contributed by atoms with E-state index in [2.05, 4.69) is 17.1 Å². The van der Waals surface area contributed by atoms with E-state index < -0.39 is 15.9 Å². The predicted molar refractivity (Wildman–Crippen MR) is 91.7 cm³/mol. The van der Waals surface area contributed by atoms with Crippen LogP contribution in [0.3, 0.4) is 0 Å². The number of sulfone groups is 1. The first kappa shape index (κ1) is 18.0. The molecule has 6 nitrogen and oxygen atoms in total. The maximum absolute atomic E-state index is 12.1. The second kappa shape index (κ2) is 7.51. The van der Waals surface area contributed by atoms with Gasteiger partial charge in [0.05, 0.1) is 23.3 Å². The van der Waals surface area contributed by atoms with Gasteiger partial charge in [-0.1, -0.05) is 6.92 Å². The molecule has 0 saturated carbocycles. The summed E-state index contributed by atoms with van der Waals surface area (Å²) < 4.78 is 24.1. The number of piperidine rings is 1. The van der Waals surface area contributed by atoms with Gasteiger partial charge in [-0.25, -0.2) is 8.42 Å². The molecular weight excluding hydrogens is 316 g/mol. The molecule has 1 aliphatic heterocycles. The van der Waals surface area contributed by atoms with Crippen LogP contribution in [0.15, 0.2) is 23.1 Å². The number of nitrogens with zero attached hydrogens (tertiary/aromatic N) is 1. The van der Waals surface area contributed by atoms with Gasteiger partial charge in [-0.2, -0.15) is 0 Å². The van der Waals surface area contributed by atoms with Gasteiger partial charge < -0.3 is 20.4 Å². The van der Waals surface area contributed by atoms with Crippen molar-refractivity contribution in [2.24, 2.45) is 5.92 Å². The molecule has 3 N–H and O–H groups in total. The van der Waals surface area contributed by atoms with E-state index in [1.54, 1.807) is 12.1 Å². The molecule has 0 spiro atoms. The van der Waals surface area contributed by atoms with E-state index in [9.17, 15) is 13.5 Å². The fraction of sp³-hybridized carbons (Fsp3) is 0.625. The van der Waals surface area contributed by atoms with Crippen molar-refractivity contribution in [1.82, 2.24) is 0 Å². The molecule has 1 heterocycles. The van der Waals surface area contributed by atoms with Gasteiger partial charge in [-0.3, -0.25) is 0 Å². The summed E-state index contributed by atoms with van der Waals surface area (Å²) in [5.41, 5.74) is 1.45. The highest BCUT2D eigenvalue weighted by atomic mass is 32.2. The van der Waals surface area contributed by atoms with E-state index in [1.807, 2.05) is 6.07 Å². The molecule has 1 saturated heterocycles. The summed E-state index contributed by atoms with van der Waals surface area (Å²) in [6.07, 6.45) is 2.47. The highest BCUT2D eigenvalue weighted by Gasteiger charge is 2.22. The zero-order valence-electron chi connectivity index (χ0n) is 13.7. The van der Waals surface area contributed by atoms with Crippen molar-refractivity contribution >= 4 is 21.2 Å². The third-order valence-corrected chi connectivity index (χ3v) is 5.38. The third-order valence-electron chi connectivity index (χ3n) is 4.24. The lowest BCUT2D eigenvalue weighted by atomic mass is 9.99. The SMILES string of the molecule is CC1CCN(c2cc(NCC(O)CO)ccc2S(C)(=O)=O)CC1. The molecule has 0 amide bonds. The van der Waals surface area contributed by atoms with Gasteiger partial charge in [-0.15, -0.1) is 0 Å². The zero-order valence-corrected chi connectivity index (χ0v) is 14.5. The van der Waals surface area contributed by atoms with Crippen LogP contribution < -0.4 is 10.2 Å². The Hall–Kier alpha value is -1.31. The Bertz CT molecular complexity index is 625. The first-order valence-electron chi connectivity index (χ1n) is 7.93. The van der Waals surface area contributed by atoms with Crippen LogP contribution in [0.4, 0.5) is 11.4 Å². The van der Waals surface area contributed by atoms with Crippen molar-refractivity contribution in [2.45, 2.75) is 30.8 Å². The zero-order chi connectivity index (χ0) is 17.0. The van der Waals surface area contributed by atoms with Crippen molar-refractivity contribution in [3.63, 3.8) is 0 Å². The van der Waals surface area contributed by atoms with Crippen LogP contribution >= 0.6 is 0 Å². The fourth-order valence-electron chi connectivity index (χ4n) is 2.74. The molecule has 1 atom stereocenters. The molecule has 130 valence electrons. The Morgan fingerprint density at radius 1 is 1.35 bits per heavy atom. The minimum absolute atomic E-state index is 0.213. The maximum Gasteiger partial charge on any atom is 0.177 e. The van der Waals surface area contributed by atoms with Crippen LogP contribution in [0.2, 0.25) is 0 Å². The highest BCUT2D eigenvalue weighted by Crippen LogP contribution is 2.31. The van der Waals surface area contributed by atoms with Crippen LogP contribution in [0.25, 0.3) is 0 Å². The second-order valence-electron chi connectivity index (χ2n) is 6.34. The Morgan fingerprint density at radius 2 is 2.00 bits per heavy atom. The van der Waals surface area contributed by atoms with Gasteiger partial charge >= 0.3 is 0 Å². The summed E-state index contributed by atoms with van der Waals surface area (Å²) in [5, 5.41) is 21.3. The number of hydrogen-bond acceptors (Lipinski definition) is 6. The van der Waals surface area contributed by atoms with E-state index in [1.165, 1.54) is 6.26 Å². The molecule has 23 heavy (non-hydrogen) atoms. The molecule has 0 aromatic heterocycles. The molecule has 7 heteroatoms. The number of aliphatic hydroxyl groups is 2. The largest absolute Gasteiger partial charge is 0.394 e. The van der Waals surface area contributed by atoms with Crippen LogP contribution in [0.5, 0.6) is 0 Å². The Balaban J connectivity index is 2.27. The Labute approximate surface area is 138 Å². The monoisotopic (exact) mass is 342 g/mol. The van der Waals surface area contributed by atoms with Crippen LogP contribution in [-0.2, 0) is 9.84 Å². The van der Waals surface area contributed by atoms with Crippen LogP contribution in [0, 0.1) is 5.92 Å². The summed E-state index contributed by atoms with van der Waals surface area (Å²) in [4.78, 5) is 2.45. The smallest absolute Gasteiger partial charge is 0.177 e. The lowest BCUT2D eigenvalue weighted by molar-refractivity contribution is 0.105. The van der Waals surface area contributed by atoms with Gasteiger partial charge in [0, 0.05) is 31.6 Å². The van der Waals surface area contributed by atoms with Gasteiger partial charge in [0.25, 0.3) is 0 Å². The van der Waals surface area contributed by atoms with Crippen LogP contribution in [0.1, 0.15) is 19.8 Å². The lowest BCUT2D eigenvalue weighted by Crippen LogP contribution is -2.33. The molecule has 0 bridgehead atoms. The average Bonchev–Trinajstić information content (AvgIpc) is 2.52. The lowest BCUT2D eigenvalue weighted by Gasteiger charge is -2.33. The summed E-state index contributed by atoms with van der Waals surface area (Å²) in [6, 6.07) is 5.11. The summed E-state index contributed by atoms with van der Waals surface area (Å²) in [7, 11) is -3.31. The second-order valence-corrected chi connectivity index (χ2v) is 8.33. The average molecular weight is 342 g/mol. The van der Waals surface area contributed by atoms with E-state index in [0.717, 1.165) is 31.6 Å². The molecule has 1 unspecified atom stereocenters. The number of rotatable bonds is 6. The topological polar surface area (TPSA) is 89.9 Å².